The van der Waals surface area contributed by atoms with Crippen molar-refractivity contribution in [2.45, 2.75) is 19.8 Å². The van der Waals surface area contributed by atoms with Gasteiger partial charge in [-0.2, -0.15) is 0 Å². The van der Waals surface area contributed by atoms with Crippen molar-refractivity contribution >= 4 is 29.2 Å². The third-order valence-electron chi connectivity index (χ3n) is 6.03. The average Bonchev–Trinajstić information content (AvgIpc) is 2.85. The molecule has 1 saturated heterocycles. The highest BCUT2D eigenvalue weighted by molar-refractivity contribution is 6.30. The maximum absolute atomic E-state index is 12.6. The van der Waals surface area contributed by atoms with E-state index >= 15 is 0 Å². The second-order valence-corrected chi connectivity index (χ2v) is 9.01. The van der Waals surface area contributed by atoms with Gasteiger partial charge in [0.25, 0.3) is 5.91 Å². The molecule has 2 amide bonds. The lowest BCUT2D eigenvalue weighted by atomic mass is 10.1. The topological polar surface area (TPSA) is 65.5 Å². The number of anilines is 1. The van der Waals surface area contributed by atoms with Crippen LogP contribution >= 0.6 is 11.6 Å². The number of aryl methyl sites for hydroxylation is 1. The Hall–Kier alpha value is -3.38. The molecule has 0 atom stereocenters. The number of rotatable bonds is 7. The van der Waals surface area contributed by atoms with Gasteiger partial charge in [-0.15, -0.1) is 0 Å². The fourth-order valence-corrected chi connectivity index (χ4v) is 4.21. The number of amides is 2. The van der Waals surface area contributed by atoms with Crippen molar-refractivity contribution in [1.29, 1.82) is 0 Å². The Balaban J connectivity index is 1.23. The zero-order valence-electron chi connectivity index (χ0n) is 19.3. The number of nitrogens with one attached hydrogen (secondary N) is 1. The third kappa shape index (κ3) is 6.35. The molecule has 1 aliphatic heterocycles. The van der Waals surface area contributed by atoms with E-state index in [0.29, 0.717) is 43.1 Å². The van der Waals surface area contributed by atoms with Gasteiger partial charge in [0.1, 0.15) is 5.82 Å². The van der Waals surface area contributed by atoms with E-state index in [1.807, 2.05) is 66.4 Å². The van der Waals surface area contributed by atoms with Gasteiger partial charge in [0, 0.05) is 43.9 Å². The molecule has 0 aliphatic carbocycles. The highest BCUT2D eigenvalue weighted by Gasteiger charge is 2.22. The normalized spacial score (nSPS) is 13.6. The molecule has 7 heteroatoms. The van der Waals surface area contributed by atoms with Gasteiger partial charge in [-0.1, -0.05) is 53.6 Å². The van der Waals surface area contributed by atoms with Crippen molar-refractivity contribution in [2.24, 2.45) is 0 Å². The number of hydrogen-bond donors (Lipinski definition) is 1. The number of carbonyl (C=O) groups excluding carboxylic acids is 2. The SMILES string of the molecule is Cc1ccc(CC(=O)N2CCN(c3ccc(C(=O)NCCc4cccc(Cl)c4)cn3)CC2)cc1. The predicted molar refractivity (Wildman–Crippen MR) is 135 cm³/mol. The summed E-state index contributed by atoms with van der Waals surface area (Å²) in [7, 11) is 0. The summed E-state index contributed by atoms with van der Waals surface area (Å²) in [6.07, 6.45) is 2.75. The Labute approximate surface area is 205 Å². The molecule has 1 aliphatic rings. The van der Waals surface area contributed by atoms with Gasteiger partial charge < -0.3 is 15.1 Å². The average molecular weight is 477 g/mol. The van der Waals surface area contributed by atoms with Crippen molar-refractivity contribution in [3.05, 3.63) is 94.1 Å². The Morgan fingerprint density at radius 2 is 1.74 bits per heavy atom. The fraction of sp³-hybridized carbons (Fsp3) is 0.296. The maximum Gasteiger partial charge on any atom is 0.252 e. The minimum atomic E-state index is -0.146. The monoisotopic (exact) mass is 476 g/mol. The van der Waals surface area contributed by atoms with Crippen LogP contribution in [0.3, 0.4) is 0 Å². The minimum Gasteiger partial charge on any atom is -0.353 e. The van der Waals surface area contributed by atoms with Crippen LogP contribution in [0.1, 0.15) is 27.0 Å². The van der Waals surface area contributed by atoms with E-state index in [9.17, 15) is 9.59 Å². The molecule has 0 bridgehead atoms. The summed E-state index contributed by atoms with van der Waals surface area (Å²) >= 11 is 6.00. The van der Waals surface area contributed by atoms with E-state index < -0.39 is 0 Å². The number of nitrogens with zero attached hydrogens (tertiary/aromatic N) is 3. The van der Waals surface area contributed by atoms with Crippen molar-refractivity contribution < 1.29 is 9.59 Å². The van der Waals surface area contributed by atoms with Gasteiger partial charge in [-0.3, -0.25) is 9.59 Å². The predicted octanol–water partition coefficient (Wildman–Crippen LogP) is 3.91. The van der Waals surface area contributed by atoms with Crippen molar-refractivity contribution in [2.75, 3.05) is 37.6 Å². The number of pyridine rings is 1. The molecule has 0 unspecified atom stereocenters. The Bertz CT molecular complexity index is 1120. The van der Waals surface area contributed by atoms with Crippen molar-refractivity contribution in [1.82, 2.24) is 15.2 Å². The van der Waals surface area contributed by atoms with Gasteiger partial charge in [0.15, 0.2) is 0 Å². The minimum absolute atomic E-state index is 0.146. The lowest BCUT2D eigenvalue weighted by molar-refractivity contribution is -0.130. The van der Waals surface area contributed by atoms with Crippen LogP contribution in [0.2, 0.25) is 5.02 Å². The molecule has 176 valence electrons. The van der Waals surface area contributed by atoms with Crippen LogP contribution in [-0.4, -0.2) is 54.4 Å². The number of piperazine rings is 1. The van der Waals surface area contributed by atoms with E-state index in [2.05, 4.69) is 15.2 Å². The maximum atomic E-state index is 12.6. The summed E-state index contributed by atoms with van der Waals surface area (Å²) in [5, 5.41) is 3.62. The van der Waals surface area contributed by atoms with Gasteiger partial charge >= 0.3 is 0 Å². The van der Waals surface area contributed by atoms with E-state index in [4.69, 9.17) is 11.6 Å². The van der Waals surface area contributed by atoms with Crippen LogP contribution in [0.15, 0.2) is 66.9 Å². The molecule has 0 radical (unpaired) electrons. The standard InChI is InChI=1S/C27H29ClN4O2/c1-20-5-7-22(8-6-20)18-26(33)32-15-13-31(14-16-32)25-10-9-23(19-30-25)27(34)29-12-11-21-3-2-4-24(28)17-21/h2-10,17,19H,11-16,18H2,1H3,(H,29,34). The van der Waals surface area contributed by atoms with E-state index in [1.165, 1.54) is 5.56 Å². The summed E-state index contributed by atoms with van der Waals surface area (Å²) in [6, 6.07) is 19.4. The molecule has 4 rings (SSSR count). The number of benzene rings is 2. The van der Waals surface area contributed by atoms with Crippen molar-refractivity contribution in [3.63, 3.8) is 0 Å². The Morgan fingerprint density at radius 3 is 2.41 bits per heavy atom. The van der Waals surface area contributed by atoms with Gasteiger partial charge in [-0.05, 0) is 48.7 Å². The molecule has 6 nitrogen and oxygen atoms in total. The lowest BCUT2D eigenvalue weighted by Gasteiger charge is -2.35. The van der Waals surface area contributed by atoms with E-state index in [-0.39, 0.29) is 11.8 Å². The van der Waals surface area contributed by atoms with Gasteiger partial charge in [0.05, 0.1) is 12.0 Å². The number of aromatic nitrogens is 1. The van der Waals surface area contributed by atoms with Crippen molar-refractivity contribution in [3.8, 4) is 0 Å². The molecule has 2 heterocycles. The summed E-state index contributed by atoms with van der Waals surface area (Å²) in [5.41, 5.74) is 3.85. The first kappa shape index (κ1) is 23.8. The largest absolute Gasteiger partial charge is 0.353 e. The van der Waals surface area contributed by atoms with Gasteiger partial charge in [0.2, 0.25) is 5.91 Å². The smallest absolute Gasteiger partial charge is 0.252 e. The highest BCUT2D eigenvalue weighted by Crippen LogP contribution is 2.16. The first-order chi connectivity index (χ1) is 16.5. The Morgan fingerprint density at radius 1 is 0.971 bits per heavy atom. The molecule has 0 spiro atoms. The summed E-state index contributed by atoms with van der Waals surface area (Å²) in [4.78, 5) is 33.6. The van der Waals surface area contributed by atoms with Crippen LogP contribution in [0, 0.1) is 6.92 Å². The lowest BCUT2D eigenvalue weighted by Crippen LogP contribution is -2.49. The van der Waals surface area contributed by atoms with E-state index in [1.54, 1.807) is 12.3 Å². The number of carbonyl (C=O) groups is 2. The molecule has 1 aromatic heterocycles. The van der Waals surface area contributed by atoms with Crippen LogP contribution in [0.25, 0.3) is 0 Å². The number of halogens is 1. The highest BCUT2D eigenvalue weighted by atomic mass is 35.5. The molecule has 34 heavy (non-hydrogen) atoms. The molecule has 1 N–H and O–H groups in total. The number of hydrogen-bond acceptors (Lipinski definition) is 4. The molecular formula is C27H29ClN4O2. The van der Waals surface area contributed by atoms with Gasteiger partial charge in [-0.25, -0.2) is 4.98 Å². The zero-order chi connectivity index (χ0) is 23.9. The van der Waals surface area contributed by atoms with Crippen LogP contribution in [0.5, 0.6) is 0 Å². The Kier molecular flexibility index (Phi) is 7.80. The summed E-state index contributed by atoms with van der Waals surface area (Å²) in [5.74, 6) is 0.829. The molecule has 3 aromatic rings. The second kappa shape index (κ2) is 11.2. The molecule has 0 saturated carbocycles. The molecule has 1 fully saturated rings. The van der Waals surface area contributed by atoms with E-state index in [0.717, 1.165) is 30.0 Å². The fourth-order valence-electron chi connectivity index (χ4n) is 4.00. The molecular weight excluding hydrogens is 448 g/mol. The first-order valence-electron chi connectivity index (χ1n) is 11.5. The quantitative estimate of drug-likeness (QED) is 0.561. The zero-order valence-corrected chi connectivity index (χ0v) is 20.1. The first-order valence-corrected chi connectivity index (χ1v) is 11.9. The van der Waals surface area contributed by atoms with Crippen LogP contribution < -0.4 is 10.2 Å². The van der Waals surface area contributed by atoms with Crippen LogP contribution in [0.4, 0.5) is 5.82 Å². The van der Waals surface area contributed by atoms with Crippen LogP contribution in [-0.2, 0) is 17.6 Å². The summed E-state index contributed by atoms with van der Waals surface area (Å²) < 4.78 is 0. The third-order valence-corrected chi connectivity index (χ3v) is 6.27. The summed E-state index contributed by atoms with van der Waals surface area (Å²) in [6.45, 7) is 5.34. The molecule has 2 aromatic carbocycles. The second-order valence-electron chi connectivity index (χ2n) is 8.57.